The van der Waals surface area contributed by atoms with Gasteiger partial charge in [-0.05, 0) is 37.3 Å². The summed E-state index contributed by atoms with van der Waals surface area (Å²) in [6.07, 6.45) is -1.48. The highest BCUT2D eigenvalue weighted by Gasteiger charge is 2.32. The Bertz CT molecular complexity index is 394. The Kier molecular flexibility index (Phi) is 3.94. The normalized spacial score (nSPS) is 24.2. The van der Waals surface area contributed by atoms with Crippen molar-refractivity contribution in [2.45, 2.75) is 30.8 Å². The van der Waals surface area contributed by atoms with Crippen LogP contribution in [0.15, 0.2) is 12.1 Å². The van der Waals surface area contributed by atoms with E-state index in [1.165, 1.54) is 6.07 Å². The summed E-state index contributed by atoms with van der Waals surface area (Å²) >= 11 is 5.98. The maximum absolute atomic E-state index is 12.3. The molecule has 2 unspecified atom stereocenters. The molecule has 1 aromatic heterocycles. The van der Waals surface area contributed by atoms with Crippen LogP contribution in [0.25, 0.3) is 0 Å². The summed E-state index contributed by atoms with van der Waals surface area (Å²) in [5, 5.41) is 9.86. The molecule has 100 valence electrons. The van der Waals surface area contributed by atoms with Gasteiger partial charge in [0.15, 0.2) is 5.69 Å². The van der Waals surface area contributed by atoms with E-state index in [1.807, 2.05) is 0 Å². The van der Waals surface area contributed by atoms with Gasteiger partial charge in [0, 0.05) is 11.9 Å². The van der Waals surface area contributed by atoms with E-state index in [1.54, 1.807) is 0 Å². The second kappa shape index (κ2) is 5.30. The van der Waals surface area contributed by atoms with E-state index in [0.717, 1.165) is 25.3 Å². The third kappa shape index (κ3) is 3.48. The molecule has 1 N–H and O–H groups in total. The highest BCUT2D eigenvalue weighted by Crippen LogP contribution is 2.30. The average molecular weight is 280 g/mol. The number of rotatable bonds is 3. The molecule has 7 heteroatoms. The first kappa shape index (κ1) is 13.4. The first-order chi connectivity index (χ1) is 8.45. The van der Waals surface area contributed by atoms with E-state index in [-0.39, 0.29) is 5.38 Å². The van der Waals surface area contributed by atoms with E-state index < -0.39 is 11.9 Å². The zero-order valence-electron chi connectivity index (χ0n) is 9.54. The van der Waals surface area contributed by atoms with Crippen molar-refractivity contribution in [2.24, 2.45) is 5.92 Å². The molecule has 1 saturated carbocycles. The standard InChI is InChI=1S/C11H13ClF3N3/c12-8-2-1-7(5-8)6-16-10-4-3-9(17-18-10)11(13,14)15/h3-4,7-8H,1-2,5-6H2,(H,16,18). The van der Waals surface area contributed by atoms with Crippen LogP contribution in [0.1, 0.15) is 25.0 Å². The van der Waals surface area contributed by atoms with Crippen LogP contribution >= 0.6 is 11.6 Å². The van der Waals surface area contributed by atoms with E-state index >= 15 is 0 Å². The average Bonchev–Trinajstić information content (AvgIpc) is 2.72. The van der Waals surface area contributed by atoms with Gasteiger partial charge in [-0.3, -0.25) is 0 Å². The van der Waals surface area contributed by atoms with Gasteiger partial charge in [-0.15, -0.1) is 21.8 Å². The molecule has 0 saturated heterocycles. The molecule has 3 nitrogen and oxygen atoms in total. The predicted octanol–water partition coefficient (Wildman–Crippen LogP) is 3.31. The van der Waals surface area contributed by atoms with E-state index in [0.29, 0.717) is 18.3 Å². The minimum absolute atomic E-state index is 0.218. The molecule has 18 heavy (non-hydrogen) atoms. The topological polar surface area (TPSA) is 37.8 Å². The number of anilines is 1. The molecule has 0 aliphatic heterocycles. The van der Waals surface area contributed by atoms with Gasteiger partial charge in [-0.2, -0.15) is 13.2 Å². The van der Waals surface area contributed by atoms with Crippen molar-refractivity contribution >= 4 is 17.4 Å². The SMILES string of the molecule is FC(F)(F)c1ccc(NCC2CCC(Cl)C2)nn1. The van der Waals surface area contributed by atoms with E-state index in [9.17, 15) is 13.2 Å². The van der Waals surface area contributed by atoms with Gasteiger partial charge < -0.3 is 5.32 Å². The van der Waals surface area contributed by atoms with Crippen LogP contribution < -0.4 is 5.32 Å². The van der Waals surface area contributed by atoms with Crippen LogP contribution in [-0.2, 0) is 6.18 Å². The largest absolute Gasteiger partial charge is 0.435 e. The molecule has 1 heterocycles. The molecular weight excluding hydrogens is 267 g/mol. The second-order valence-electron chi connectivity index (χ2n) is 4.46. The first-order valence-electron chi connectivity index (χ1n) is 5.74. The van der Waals surface area contributed by atoms with Gasteiger partial charge in [0.1, 0.15) is 5.82 Å². The van der Waals surface area contributed by atoms with E-state index in [4.69, 9.17) is 11.6 Å². The fourth-order valence-electron chi connectivity index (χ4n) is 2.03. The summed E-state index contributed by atoms with van der Waals surface area (Å²) in [6.45, 7) is 0.670. The fourth-order valence-corrected chi connectivity index (χ4v) is 2.40. The molecule has 2 atom stereocenters. The number of hydrogen-bond donors (Lipinski definition) is 1. The molecule has 0 spiro atoms. The summed E-state index contributed by atoms with van der Waals surface area (Å²) in [4.78, 5) is 0. The first-order valence-corrected chi connectivity index (χ1v) is 6.17. The van der Waals surface area contributed by atoms with Crippen molar-refractivity contribution in [1.82, 2.24) is 10.2 Å². The van der Waals surface area contributed by atoms with Gasteiger partial charge in [-0.1, -0.05) is 0 Å². The quantitative estimate of drug-likeness (QED) is 0.863. The summed E-state index contributed by atoms with van der Waals surface area (Å²) in [7, 11) is 0. The number of alkyl halides is 4. The van der Waals surface area contributed by atoms with Crippen LogP contribution in [0.2, 0.25) is 0 Å². The Hall–Kier alpha value is -1.04. The van der Waals surface area contributed by atoms with Gasteiger partial charge in [0.25, 0.3) is 0 Å². The van der Waals surface area contributed by atoms with Gasteiger partial charge in [0.05, 0.1) is 0 Å². The van der Waals surface area contributed by atoms with Gasteiger partial charge in [-0.25, -0.2) is 0 Å². The maximum Gasteiger partial charge on any atom is 0.435 e. The molecule has 0 aromatic carbocycles. The monoisotopic (exact) mass is 279 g/mol. The van der Waals surface area contributed by atoms with Crippen LogP contribution in [0.5, 0.6) is 0 Å². The Morgan fingerprint density at radius 3 is 2.56 bits per heavy atom. The van der Waals surface area contributed by atoms with Crippen molar-refractivity contribution in [3.8, 4) is 0 Å². The second-order valence-corrected chi connectivity index (χ2v) is 5.08. The zero-order valence-corrected chi connectivity index (χ0v) is 10.3. The Morgan fingerprint density at radius 1 is 1.28 bits per heavy atom. The molecule has 1 aromatic rings. The molecule has 0 radical (unpaired) electrons. The lowest BCUT2D eigenvalue weighted by atomic mass is 10.1. The van der Waals surface area contributed by atoms with E-state index in [2.05, 4.69) is 15.5 Å². The van der Waals surface area contributed by atoms with Crippen molar-refractivity contribution in [3.05, 3.63) is 17.8 Å². The maximum atomic E-state index is 12.3. The molecular formula is C11H13ClF3N3. The Labute approximate surface area is 108 Å². The van der Waals surface area contributed by atoms with Crippen molar-refractivity contribution in [1.29, 1.82) is 0 Å². The third-order valence-electron chi connectivity index (χ3n) is 3.00. The third-order valence-corrected chi connectivity index (χ3v) is 3.40. The number of aromatic nitrogens is 2. The van der Waals surface area contributed by atoms with Crippen LogP contribution in [0.3, 0.4) is 0 Å². The Balaban J connectivity index is 1.87. The number of halogens is 4. The molecule has 1 aliphatic carbocycles. The summed E-state index contributed by atoms with van der Waals surface area (Å²) in [6, 6.07) is 2.22. The van der Waals surface area contributed by atoms with Crippen LogP contribution in [0, 0.1) is 5.92 Å². The highest BCUT2D eigenvalue weighted by atomic mass is 35.5. The van der Waals surface area contributed by atoms with Crippen molar-refractivity contribution < 1.29 is 13.2 Å². The zero-order chi connectivity index (χ0) is 13.2. The summed E-state index contributed by atoms with van der Waals surface area (Å²) < 4.78 is 36.8. The molecule has 2 rings (SSSR count). The highest BCUT2D eigenvalue weighted by molar-refractivity contribution is 6.20. The number of nitrogens with one attached hydrogen (secondary N) is 1. The fraction of sp³-hybridized carbons (Fsp3) is 0.636. The van der Waals surface area contributed by atoms with Crippen molar-refractivity contribution in [2.75, 3.05) is 11.9 Å². The predicted molar refractivity (Wildman–Crippen MR) is 62.5 cm³/mol. The van der Waals surface area contributed by atoms with Crippen molar-refractivity contribution in [3.63, 3.8) is 0 Å². The van der Waals surface area contributed by atoms with Gasteiger partial charge in [0.2, 0.25) is 0 Å². The van der Waals surface area contributed by atoms with Crippen LogP contribution in [-0.4, -0.2) is 22.1 Å². The summed E-state index contributed by atoms with van der Waals surface area (Å²) in [5.74, 6) is 0.817. The Morgan fingerprint density at radius 2 is 2.06 bits per heavy atom. The smallest absolute Gasteiger partial charge is 0.368 e. The lowest BCUT2D eigenvalue weighted by molar-refractivity contribution is -0.141. The molecule has 0 amide bonds. The molecule has 0 bridgehead atoms. The summed E-state index contributed by atoms with van der Waals surface area (Å²) in [5.41, 5.74) is -0.977. The minimum atomic E-state index is -4.44. The van der Waals surface area contributed by atoms with Crippen LogP contribution in [0.4, 0.5) is 19.0 Å². The number of nitrogens with zero attached hydrogens (tertiary/aromatic N) is 2. The molecule has 1 fully saturated rings. The minimum Gasteiger partial charge on any atom is -0.368 e. The lowest BCUT2D eigenvalue weighted by Crippen LogP contribution is -2.14. The molecule has 1 aliphatic rings. The van der Waals surface area contributed by atoms with Gasteiger partial charge >= 0.3 is 6.18 Å². The number of hydrogen-bond acceptors (Lipinski definition) is 3. The lowest BCUT2D eigenvalue weighted by Gasteiger charge is -2.11.